The molecule has 0 aromatic heterocycles. The second kappa shape index (κ2) is 7.80. The highest BCUT2D eigenvalue weighted by Crippen LogP contribution is 2.31. The molecule has 2 aliphatic carbocycles. The zero-order chi connectivity index (χ0) is 16.1. The van der Waals surface area contributed by atoms with Crippen molar-refractivity contribution in [2.75, 3.05) is 0 Å². The van der Waals surface area contributed by atoms with Gasteiger partial charge in [0, 0.05) is 5.92 Å². The minimum atomic E-state index is -0.685. The van der Waals surface area contributed by atoms with Gasteiger partial charge in [0.15, 0.2) is 0 Å². The van der Waals surface area contributed by atoms with Gasteiger partial charge in [-0.2, -0.15) is 0 Å². The maximum Gasteiger partial charge on any atom is 0.348 e. The summed E-state index contributed by atoms with van der Waals surface area (Å²) in [6.07, 6.45) is 16.4. The fraction of sp³-hybridized carbons (Fsp3) is 0.684. The number of carbonyl (C=O) groups excluding carboxylic acids is 2. The van der Waals surface area contributed by atoms with Crippen LogP contribution in [0.5, 0.6) is 0 Å². The molecule has 23 heavy (non-hydrogen) atoms. The van der Waals surface area contributed by atoms with Crippen LogP contribution in [0.2, 0.25) is 0 Å². The Balaban J connectivity index is 1.58. The topological polar surface area (TPSA) is 52.6 Å². The fourth-order valence-electron chi connectivity index (χ4n) is 3.82. The number of allylic oxidation sites excluding steroid dienone is 3. The summed E-state index contributed by atoms with van der Waals surface area (Å²) in [5, 5.41) is 0. The summed E-state index contributed by atoms with van der Waals surface area (Å²) in [5.41, 5.74) is 0.0177. The van der Waals surface area contributed by atoms with Gasteiger partial charge in [-0.15, -0.1) is 0 Å². The summed E-state index contributed by atoms with van der Waals surface area (Å²) in [4.78, 5) is 24.2. The van der Waals surface area contributed by atoms with E-state index in [1.54, 1.807) is 6.08 Å². The minimum absolute atomic E-state index is 0.0177. The Kier molecular flexibility index (Phi) is 5.52. The van der Waals surface area contributed by atoms with E-state index in [9.17, 15) is 9.59 Å². The van der Waals surface area contributed by atoms with Crippen LogP contribution in [-0.4, -0.2) is 18.2 Å². The largest absolute Gasteiger partial charge is 0.421 e. The quantitative estimate of drug-likeness (QED) is 0.447. The van der Waals surface area contributed by atoms with Crippen molar-refractivity contribution >= 4 is 11.9 Å². The van der Waals surface area contributed by atoms with Crippen LogP contribution >= 0.6 is 0 Å². The molecular weight excluding hydrogens is 292 g/mol. The highest BCUT2D eigenvalue weighted by Gasteiger charge is 2.38. The minimum Gasteiger partial charge on any atom is -0.421 e. The van der Waals surface area contributed by atoms with Gasteiger partial charge in [0.25, 0.3) is 6.29 Å². The molecule has 126 valence electrons. The Morgan fingerprint density at radius 1 is 0.783 bits per heavy atom. The third kappa shape index (κ3) is 4.24. The molecule has 0 atom stereocenters. The van der Waals surface area contributed by atoms with Crippen LogP contribution in [0, 0.1) is 11.8 Å². The van der Waals surface area contributed by atoms with Crippen molar-refractivity contribution in [3.63, 3.8) is 0 Å². The van der Waals surface area contributed by atoms with Crippen molar-refractivity contribution in [3.05, 3.63) is 23.8 Å². The molecule has 1 aliphatic heterocycles. The molecule has 3 aliphatic rings. The van der Waals surface area contributed by atoms with Crippen LogP contribution in [-0.2, 0) is 19.1 Å². The van der Waals surface area contributed by atoms with E-state index >= 15 is 0 Å². The molecule has 3 fully saturated rings. The van der Waals surface area contributed by atoms with Crippen molar-refractivity contribution in [3.8, 4) is 0 Å². The molecule has 0 N–H and O–H groups in total. The number of carbonyl (C=O) groups is 2. The fourth-order valence-corrected chi connectivity index (χ4v) is 3.82. The maximum absolute atomic E-state index is 12.1. The monoisotopic (exact) mass is 318 g/mol. The summed E-state index contributed by atoms with van der Waals surface area (Å²) >= 11 is 0. The molecule has 0 aromatic carbocycles. The molecule has 0 unspecified atom stereocenters. The lowest BCUT2D eigenvalue weighted by atomic mass is 9.88. The predicted molar refractivity (Wildman–Crippen MR) is 86.3 cm³/mol. The zero-order valence-corrected chi connectivity index (χ0v) is 13.7. The van der Waals surface area contributed by atoms with Crippen LogP contribution < -0.4 is 0 Å². The van der Waals surface area contributed by atoms with E-state index < -0.39 is 18.2 Å². The van der Waals surface area contributed by atoms with E-state index in [0.29, 0.717) is 5.92 Å². The molecule has 0 aromatic rings. The highest BCUT2D eigenvalue weighted by molar-refractivity contribution is 6.15. The highest BCUT2D eigenvalue weighted by atomic mass is 16.7. The van der Waals surface area contributed by atoms with Crippen molar-refractivity contribution in [2.45, 2.75) is 70.5 Å². The van der Waals surface area contributed by atoms with E-state index in [-0.39, 0.29) is 11.5 Å². The van der Waals surface area contributed by atoms with Crippen LogP contribution in [0.4, 0.5) is 0 Å². The van der Waals surface area contributed by atoms with E-state index in [1.165, 1.54) is 38.5 Å². The van der Waals surface area contributed by atoms with Gasteiger partial charge in [-0.3, -0.25) is 0 Å². The Hall–Kier alpha value is -1.58. The lowest BCUT2D eigenvalue weighted by Crippen LogP contribution is -2.40. The number of cyclic esters (lactones) is 2. The van der Waals surface area contributed by atoms with Gasteiger partial charge < -0.3 is 9.47 Å². The number of ether oxygens (including phenoxy) is 2. The van der Waals surface area contributed by atoms with Crippen molar-refractivity contribution in [2.24, 2.45) is 11.8 Å². The van der Waals surface area contributed by atoms with E-state index in [1.807, 2.05) is 6.08 Å². The zero-order valence-electron chi connectivity index (χ0n) is 13.7. The Morgan fingerprint density at radius 2 is 1.35 bits per heavy atom. The van der Waals surface area contributed by atoms with Crippen LogP contribution in [0.15, 0.2) is 23.8 Å². The molecule has 0 amide bonds. The molecule has 4 nitrogen and oxygen atoms in total. The summed E-state index contributed by atoms with van der Waals surface area (Å²) < 4.78 is 10.7. The third-order valence-electron chi connectivity index (χ3n) is 5.22. The van der Waals surface area contributed by atoms with Crippen LogP contribution in [0.3, 0.4) is 0 Å². The first-order valence-electron chi connectivity index (χ1n) is 9.04. The normalized spacial score (nSPS) is 27.8. The van der Waals surface area contributed by atoms with E-state index in [0.717, 1.165) is 25.7 Å². The molecular formula is C19H26O4. The molecule has 0 spiro atoms. The van der Waals surface area contributed by atoms with Gasteiger partial charge in [-0.25, -0.2) is 9.59 Å². The summed E-state index contributed by atoms with van der Waals surface area (Å²) in [6, 6.07) is 0. The van der Waals surface area contributed by atoms with Crippen molar-refractivity contribution < 1.29 is 19.1 Å². The van der Waals surface area contributed by atoms with Crippen LogP contribution in [0.1, 0.15) is 64.2 Å². The molecule has 3 rings (SSSR count). The number of hydrogen-bond acceptors (Lipinski definition) is 4. The standard InChI is InChI=1S/C19H26O4/c20-17-16(13-7-10-14-8-3-1-4-9-14)18(21)23-19(22-17)15-11-5-2-6-12-15/h7,10,13-15,19H,1-6,8-9,11-12H2/b10-7+,16-13?. The SMILES string of the molecule is O=C1OC(C2CCCCC2)OC(=O)C1=C/C=C/C1CCCCC1. The Labute approximate surface area is 137 Å². The first kappa shape index (κ1) is 16.3. The third-order valence-corrected chi connectivity index (χ3v) is 5.22. The molecule has 0 bridgehead atoms. The second-order valence-electron chi connectivity index (χ2n) is 6.94. The van der Waals surface area contributed by atoms with Crippen LogP contribution in [0.25, 0.3) is 0 Å². The molecule has 2 saturated carbocycles. The van der Waals surface area contributed by atoms with Gasteiger partial charge in [0.1, 0.15) is 5.57 Å². The Morgan fingerprint density at radius 3 is 1.96 bits per heavy atom. The summed E-state index contributed by atoms with van der Waals surface area (Å²) in [6.45, 7) is 0. The number of hydrogen-bond donors (Lipinski definition) is 0. The van der Waals surface area contributed by atoms with E-state index in [2.05, 4.69) is 6.08 Å². The lowest BCUT2D eigenvalue weighted by Gasteiger charge is -2.32. The first-order valence-corrected chi connectivity index (χ1v) is 9.04. The van der Waals surface area contributed by atoms with Crippen molar-refractivity contribution in [1.82, 2.24) is 0 Å². The van der Waals surface area contributed by atoms with Gasteiger partial charge in [0.05, 0.1) is 0 Å². The molecule has 1 heterocycles. The smallest absolute Gasteiger partial charge is 0.348 e. The van der Waals surface area contributed by atoms with Gasteiger partial charge in [-0.05, 0) is 37.7 Å². The Bertz CT molecular complexity index is 473. The molecule has 4 heteroatoms. The van der Waals surface area contributed by atoms with Crippen molar-refractivity contribution in [1.29, 1.82) is 0 Å². The average molecular weight is 318 g/mol. The number of esters is 2. The molecule has 1 saturated heterocycles. The first-order chi connectivity index (χ1) is 11.2. The van der Waals surface area contributed by atoms with E-state index in [4.69, 9.17) is 9.47 Å². The lowest BCUT2D eigenvalue weighted by molar-refractivity contribution is -0.206. The maximum atomic E-state index is 12.1. The summed E-state index contributed by atoms with van der Waals surface area (Å²) in [7, 11) is 0. The average Bonchev–Trinajstić information content (AvgIpc) is 2.59. The van der Waals surface area contributed by atoms with Gasteiger partial charge in [-0.1, -0.05) is 50.7 Å². The molecule has 0 radical (unpaired) electrons. The predicted octanol–water partition coefficient (Wildman–Crippen LogP) is 4.06. The summed E-state index contributed by atoms with van der Waals surface area (Å²) in [5.74, 6) is -0.350. The van der Waals surface area contributed by atoms with Gasteiger partial charge in [0.2, 0.25) is 0 Å². The second-order valence-corrected chi connectivity index (χ2v) is 6.94. The van der Waals surface area contributed by atoms with Gasteiger partial charge >= 0.3 is 11.9 Å². The number of rotatable bonds is 3.